The SMILES string of the molecule is Cc1nnc(NC(=O)c2cnn3ccc(N4CCCC4c4cc(F)ccc4F)cc23)s1. The highest BCUT2D eigenvalue weighted by Gasteiger charge is 2.29. The van der Waals surface area contributed by atoms with Gasteiger partial charge >= 0.3 is 0 Å². The van der Waals surface area contributed by atoms with Crippen LogP contribution in [0.1, 0.15) is 39.8 Å². The van der Waals surface area contributed by atoms with Crippen molar-refractivity contribution in [3.8, 4) is 0 Å². The monoisotopic (exact) mass is 440 g/mol. The number of carbonyl (C=O) groups excluding carboxylic acids is 1. The first kappa shape index (κ1) is 19.6. The summed E-state index contributed by atoms with van der Waals surface area (Å²) in [6, 6.07) is 7.00. The van der Waals surface area contributed by atoms with E-state index in [1.807, 2.05) is 24.0 Å². The number of aromatic nitrogens is 4. The second-order valence-corrected chi connectivity index (χ2v) is 8.55. The van der Waals surface area contributed by atoms with Gasteiger partial charge in [0.1, 0.15) is 16.6 Å². The third-order valence-electron chi connectivity index (χ3n) is 5.40. The summed E-state index contributed by atoms with van der Waals surface area (Å²) in [6.45, 7) is 2.51. The van der Waals surface area contributed by atoms with Gasteiger partial charge in [0.05, 0.1) is 23.3 Å². The van der Waals surface area contributed by atoms with Crippen LogP contribution in [0.5, 0.6) is 0 Å². The maximum absolute atomic E-state index is 14.4. The van der Waals surface area contributed by atoms with Gasteiger partial charge < -0.3 is 4.90 Å². The summed E-state index contributed by atoms with van der Waals surface area (Å²) in [4.78, 5) is 14.8. The lowest BCUT2D eigenvalue weighted by Crippen LogP contribution is -2.23. The molecule has 0 spiro atoms. The molecule has 1 N–H and O–H groups in total. The van der Waals surface area contributed by atoms with Crippen LogP contribution >= 0.6 is 11.3 Å². The largest absolute Gasteiger partial charge is 0.364 e. The molecule has 1 amide bonds. The van der Waals surface area contributed by atoms with E-state index in [1.54, 1.807) is 10.7 Å². The van der Waals surface area contributed by atoms with Crippen LogP contribution in [0.3, 0.4) is 0 Å². The quantitative estimate of drug-likeness (QED) is 0.510. The zero-order valence-electron chi connectivity index (χ0n) is 16.5. The number of hydrogen-bond acceptors (Lipinski definition) is 6. The minimum Gasteiger partial charge on any atom is -0.364 e. The highest BCUT2D eigenvalue weighted by Crippen LogP contribution is 2.38. The maximum atomic E-state index is 14.4. The topological polar surface area (TPSA) is 75.4 Å². The Morgan fingerprint density at radius 2 is 2.10 bits per heavy atom. The number of benzene rings is 1. The van der Waals surface area contributed by atoms with Crippen LogP contribution in [0.2, 0.25) is 0 Å². The zero-order chi connectivity index (χ0) is 21.5. The zero-order valence-corrected chi connectivity index (χ0v) is 17.4. The molecule has 1 aromatic carbocycles. The Morgan fingerprint density at radius 1 is 1.23 bits per heavy atom. The normalized spacial score (nSPS) is 16.2. The Bertz CT molecular complexity index is 1290. The highest BCUT2D eigenvalue weighted by molar-refractivity contribution is 7.15. The van der Waals surface area contributed by atoms with Crippen molar-refractivity contribution in [2.45, 2.75) is 25.8 Å². The third kappa shape index (κ3) is 3.63. The van der Waals surface area contributed by atoms with Gasteiger partial charge in [0.25, 0.3) is 5.91 Å². The molecule has 0 bridgehead atoms. The predicted octanol–water partition coefficient (Wildman–Crippen LogP) is 4.37. The van der Waals surface area contributed by atoms with Crippen LogP contribution in [0, 0.1) is 18.6 Å². The van der Waals surface area contributed by atoms with E-state index in [0.717, 1.165) is 23.2 Å². The number of aryl methyl sites for hydroxylation is 1. The molecule has 31 heavy (non-hydrogen) atoms. The maximum Gasteiger partial charge on any atom is 0.261 e. The lowest BCUT2D eigenvalue weighted by atomic mass is 10.0. The first-order valence-corrected chi connectivity index (χ1v) is 10.6. The molecule has 1 saturated heterocycles. The number of carbonyl (C=O) groups is 1. The van der Waals surface area contributed by atoms with Gasteiger partial charge in [-0.25, -0.2) is 13.3 Å². The van der Waals surface area contributed by atoms with Crippen molar-refractivity contribution in [2.75, 3.05) is 16.8 Å². The Hall–Kier alpha value is -3.40. The van der Waals surface area contributed by atoms with Crippen molar-refractivity contribution in [1.29, 1.82) is 0 Å². The minimum absolute atomic E-state index is 0.275. The molecular formula is C21H18F2N6OS. The first-order valence-electron chi connectivity index (χ1n) is 9.80. The summed E-state index contributed by atoms with van der Waals surface area (Å²) < 4.78 is 29.8. The summed E-state index contributed by atoms with van der Waals surface area (Å²) >= 11 is 1.29. The van der Waals surface area contributed by atoms with Crippen LogP contribution in [-0.2, 0) is 0 Å². The molecule has 4 heterocycles. The van der Waals surface area contributed by atoms with Gasteiger partial charge in [-0.15, -0.1) is 10.2 Å². The molecule has 158 valence electrons. The van der Waals surface area contributed by atoms with Crippen LogP contribution < -0.4 is 10.2 Å². The molecule has 10 heteroatoms. The lowest BCUT2D eigenvalue weighted by molar-refractivity contribution is 0.102. The van der Waals surface area contributed by atoms with Crippen LogP contribution in [0.15, 0.2) is 42.7 Å². The number of pyridine rings is 1. The highest BCUT2D eigenvalue weighted by atomic mass is 32.1. The number of amides is 1. The Labute approximate surface area is 180 Å². The van der Waals surface area contributed by atoms with E-state index in [-0.39, 0.29) is 11.9 Å². The van der Waals surface area contributed by atoms with Gasteiger partial charge in [-0.3, -0.25) is 10.1 Å². The van der Waals surface area contributed by atoms with E-state index in [4.69, 9.17) is 0 Å². The molecule has 1 atom stereocenters. The van der Waals surface area contributed by atoms with Crippen molar-refractivity contribution < 1.29 is 13.6 Å². The second-order valence-electron chi connectivity index (χ2n) is 7.37. The van der Waals surface area contributed by atoms with E-state index in [0.29, 0.717) is 34.7 Å². The molecule has 0 aliphatic carbocycles. The van der Waals surface area contributed by atoms with E-state index in [2.05, 4.69) is 20.6 Å². The lowest BCUT2D eigenvalue weighted by Gasteiger charge is -2.27. The van der Waals surface area contributed by atoms with Crippen molar-refractivity contribution >= 4 is 33.6 Å². The number of hydrogen-bond donors (Lipinski definition) is 1. The molecule has 1 fully saturated rings. The third-order valence-corrected chi connectivity index (χ3v) is 6.15. The average molecular weight is 440 g/mol. The summed E-state index contributed by atoms with van der Waals surface area (Å²) in [7, 11) is 0. The number of nitrogens with one attached hydrogen (secondary N) is 1. The fourth-order valence-corrected chi connectivity index (χ4v) is 4.59. The van der Waals surface area contributed by atoms with Gasteiger partial charge in [-0.05, 0) is 50.1 Å². The molecule has 1 aliphatic rings. The van der Waals surface area contributed by atoms with Gasteiger partial charge in [0, 0.05) is 24.0 Å². The Morgan fingerprint density at radius 3 is 2.90 bits per heavy atom. The fraction of sp³-hybridized carbons (Fsp3) is 0.238. The van der Waals surface area contributed by atoms with Crippen LogP contribution in [0.4, 0.5) is 19.6 Å². The first-order chi connectivity index (χ1) is 15.0. The number of nitrogens with zero attached hydrogens (tertiary/aromatic N) is 5. The van der Waals surface area contributed by atoms with E-state index >= 15 is 0 Å². The molecular weight excluding hydrogens is 422 g/mol. The summed E-state index contributed by atoms with van der Waals surface area (Å²) in [5, 5.41) is 16.0. The molecule has 7 nitrogen and oxygen atoms in total. The molecule has 1 aliphatic heterocycles. The van der Waals surface area contributed by atoms with Crippen molar-refractivity contribution in [3.63, 3.8) is 0 Å². The van der Waals surface area contributed by atoms with Gasteiger partial charge in [0.2, 0.25) is 5.13 Å². The smallest absolute Gasteiger partial charge is 0.261 e. The second kappa shape index (κ2) is 7.69. The number of anilines is 2. The van der Waals surface area contributed by atoms with Crippen molar-refractivity contribution in [3.05, 3.63) is 70.5 Å². The number of halogens is 2. The standard InChI is InChI=1S/C21H18F2N6OS/c1-12-26-27-21(31-12)25-20(30)16-11-24-29-8-6-14(10-19(16)29)28-7-2-3-18(28)15-9-13(22)4-5-17(15)23/h4-6,8-11,18H,2-3,7H2,1H3,(H,25,27,30). The summed E-state index contributed by atoms with van der Waals surface area (Å²) in [5.74, 6) is -1.21. The van der Waals surface area contributed by atoms with Crippen molar-refractivity contribution in [2.24, 2.45) is 0 Å². The fourth-order valence-electron chi connectivity index (χ4n) is 4.00. The Balaban J connectivity index is 1.48. The van der Waals surface area contributed by atoms with Gasteiger partial charge in [-0.1, -0.05) is 11.3 Å². The summed E-state index contributed by atoms with van der Waals surface area (Å²) in [6.07, 6.45) is 4.83. The van der Waals surface area contributed by atoms with Gasteiger partial charge in [0.15, 0.2) is 0 Å². The Kier molecular flexibility index (Phi) is 4.85. The number of rotatable bonds is 4. The molecule has 5 rings (SSSR count). The van der Waals surface area contributed by atoms with Crippen LogP contribution in [0.25, 0.3) is 5.52 Å². The van der Waals surface area contributed by atoms with E-state index in [1.165, 1.54) is 29.7 Å². The number of fused-ring (bicyclic) bond motifs is 1. The molecule has 1 unspecified atom stereocenters. The predicted molar refractivity (Wildman–Crippen MR) is 113 cm³/mol. The van der Waals surface area contributed by atoms with Gasteiger partial charge in [-0.2, -0.15) is 5.10 Å². The molecule has 3 aromatic heterocycles. The van der Waals surface area contributed by atoms with E-state index in [9.17, 15) is 13.6 Å². The molecule has 4 aromatic rings. The molecule has 0 radical (unpaired) electrons. The average Bonchev–Trinajstić information content (AvgIpc) is 3.48. The molecule has 0 saturated carbocycles. The minimum atomic E-state index is -0.458. The van der Waals surface area contributed by atoms with Crippen LogP contribution in [-0.4, -0.2) is 32.3 Å². The summed E-state index contributed by atoms with van der Waals surface area (Å²) in [5.41, 5.74) is 2.17. The van der Waals surface area contributed by atoms with Crippen molar-refractivity contribution in [1.82, 2.24) is 19.8 Å². The van der Waals surface area contributed by atoms with E-state index < -0.39 is 11.6 Å².